The van der Waals surface area contributed by atoms with Crippen molar-refractivity contribution in [3.63, 3.8) is 0 Å². The molecule has 5 nitrogen and oxygen atoms in total. The lowest BCUT2D eigenvalue weighted by Gasteiger charge is -2.20. The van der Waals surface area contributed by atoms with Crippen molar-refractivity contribution in [3.05, 3.63) is 89.2 Å². The fourth-order valence-electron chi connectivity index (χ4n) is 3.05. The number of amides is 1. The molecule has 0 fully saturated rings. The number of aromatic nitrogens is 1. The fourth-order valence-corrected chi connectivity index (χ4v) is 3.05. The average molecular weight is 376 g/mol. The first kappa shape index (κ1) is 19.4. The number of carbonyl (C=O) groups excluding carboxylic acids is 1. The zero-order valence-electron chi connectivity index (χ0n) is 16.3. The molecule has 0 aliphatic rings. The number of aryl methyl sites for hydroxylation is 1. The molecule has 0 radical (unpaired) electrons. The Morgan fingerprint density at radius 2 is 1.75 bits per heavy atom. The van der Waals surface area contributed by atoms with Crippen LogP contribution in [0.25, 0.3) is 0 Å². The summed E-state index contributed by atoms with van der Waals surface area (Å²) in [5.74, 6) is 1.16. The van der Waals surface area contributed by atoms with Crippen molar-refractivity contribution in [1.82, 2.24) is 10.3 Å². The SMILES string of the molecule is COc1ccc(CC(=O)N[C@H](c2ccc(C)cc2)c2cccnc2)cc1OC. The zero-order valence-corrected chi connectivity index (χ0v) is 16.3. The summed E-state index contributed by atoms with van der Waals surface area (Å²) >= 11 is 0. The number of pyridine rings is 1. The van der Waals surface area contributed by atoms with Gasteiger partial charge in [0.25, 0.3) is 0 Å². The molecule has 0 aliphatic heterocycles. The van der Waals surface area contributed by atoms with Crippen LogP contribution in [-0.2, 0) is 11.2 Å². The second-order valence-electron chi connectivity index (χ2n) is 6.56. The van der Waals surface area contributed by atoms with Gasteiger partial charge in [0, 0.05) is 12.4 Å². The molecular weight excluding hydrogens is 352 g/mol. The summed E-state index contributed by atoms with van der Waals surface area (Å²) in [6.45, 7) is 2.04. The summed E-state index contributed by atoms with van der Waals surface area (Å²) in [5.41, 5.74) is 3.97. The second kappa shape index (κ2) is 9.04. The minimum Gasteiger partial charge on any atom is -0.493 e. The number of nitrogens with one attached hydrogen (secondary N) is 1. The summed E-state index contributed by atoms with van der Waals surface area (Å²) in [6.07, 6.45) is 3.74. The number of ether oxygens (including phenoxy) is 2. The highest BCUT2D eigenvalue weighted by Gasteiger charge is 2.18. The van der Waals surface area contributed by atoms with Gasteiger partial charge >= 0.3 is 0 Å². The van der Waals surface area contributed by atoms with Gasteiger partial charge in [0.1, 0.15) is 0 Å². The molecule has 1 aromatic heterocycles. The lowest BCUT2D eigenvalue weighted by molar-refractivity contribution is -0.120. The number of methoxy groups -OCH3 is 2. The number of nitrogens with zero attached hydrogens (tertiary/aromatic N) is 1. The van der Waals surface area contributed by atoms with E-state index in [2.05, 4.69) is 10.3 Å². The highest BCUT2D eigenvalue weighted by Crippen LogP contribution is 2.28. The van der Waals surface area contributed by atoms with Crippen LogP contribution >= 0.6 is 0 Å². The first-order valence-electron chi connectivity index (χ1n) is 9.07. The van der Waals surface area contributed by atoms with Gasteiger partial charge in [-0.25, -0.2) is 0 Å². The Kier molecular flexibility index (Phi) is 6.27. The van der Waals surface area contributed by atoms with E-state index in [9.17, 15) is 4.79 Å². The quantitative estimate of drug-likeness (QED) is 0.680. The van der Waals surface area contributed by atoms with Gasteiger partial charge in [0.2, 0.25) is 5.91 Å². The van der Waals surface area contributed by atoms with Crippen LogP contribution in [0.3, 0.4) is 0 Å². The van der Waals surface area contributed by atoms with Crippen LogP contribution in [0.4, 0.5) is 0 Å². The fraction of sp³-hybridized carbons (Fsp3) is 0.217. The zero-order chi connectivity index (χ0) is 19.9. The predicted molar refractivity (Wildman–Crippen MR) is 109 cm³/mol. The highest BCUT2D eigenvalue weighted by molar-refractivity contribution is 5.79. The largest absolute Gasteiger partial charge is 0.493 e. The Labute approximate surface area is 165 Å². The van der Waals surface area contributed by atoms with Crippen molar-refractivity contribution in [2.45, 2.75) is 19.4 Å². The van der Waals surface area contributed by atoms with Crippen LogP contribution in [0.5, 0.6) is 11.5 Å². The third kappa shape index (κ3) is 4.68. The van der Waals surface area contributed by atoms with Crippen molar-refractivity contribution in [3.8, 4) is 11.5 Å². The topological polar surface area (TPSA) is 60.5 Å². The van der Waals surface area contributed by atoms with Crippen molar-refractivity contribution in [2.24, 2.45) is 0 Å². The van der Waals surface area contributed by atoms with Gasteiger partial charge in [-0.05, 0) is 41.8 Å². The van der Waals surface area contributed by atoms with Gasteiger partial charge in [0.05, 0.1) is 26.7 Å². The molecule has 28 heavy (non-hydrogen) atoms. The molecule has 3 aromatic rings. The lowest BCUT2D eigenvalue weighted by atomic mass is 9.98. The molecule has 0 saturated heterocycles. The highest BCUT2D eigenvalue weighted by atomic mass is 16.5. The van der Waals surface area contributed by atoms with Gasteiger partial charge in [-0.3, -0.25) is 9.78 Å². The Morgan fingerprint density at radius 3 is 2.39 bits per heavy atom. The van der Waals surface area contributed by atoms with Crippen molar-refractivity contribution >= 4 is 5.91 Å². The maximum absolute atomic E-state index is 12.8. The molecule has 0 aliphatic carbocycles. The van der Waals surface area contributed by atoms with Crippen LogP contribution in [-0.4, -0.2) is 25.1 Å². The molecule has 5 heteroatoms. The summed E-state index contributed by atoms with van der Waals surface area (Å²) in [7, 11) is 3.17. The average Bonchev–Trinajstić information content (AvgIpc) is 2.73. The number of hydrogen-bond donors (Lipinski definition) is 1. The number of hydrogen-bond acceptors (Lipinski definition) is 4. The van der Waals surface area contributed by atoms with Gasteiger partial charge in [0.15, 0.2) is 11.5 Å². The predicted octanol–water partition coefficient (Wildman–Crippen LogP) is 3.86. The Bertz CT molecular complexity index is 924. The monoisotopic (exact) mass is 376 g/mol. The van der Waals surface area contributed by atoms with E-state index < -0.39 is 0 Å². The molecule has 1 amide bonds. The molecule has 0 unspecified atom stereocenters. The van der Waals surface area contributed by atoms with Crippen LogP contribution in [0, 0.1) is 6.92 Å². The number of benzene rings is 2. The molecule has 0 bridgehead atoms. The van der Waals surface area contributed by atoms with E-state index in [1.165, 1.54) is 5.56 Å². The van der Waals surface area contributed by atoms with E-state index in [1.54, 1.807) is 32.7 Å². The third-order valence-corrected chi connectivity index (χ3v) is 4.55. The van der Waals surface area contributed by atoms with E-state index in [0.29, 0.717) is 11.5 Å². The van der Waals surface area contributed by atoms with Crippen LogP contribution < -0.4 is 14.8 Å². The molecule has 1 heterocycles. The minimum absolute atomic E-state index is 0.0818. The first-order valence-corrected chi connectivity index (χ1v) is 9.07. The molecule has 0 saturated carbocycles. The molecule has 3 rings (SSSR count). The molecule has 144 valence electrons. The van der Waals surface area contributed by atoms with Crippen LogP contribution in [0.1, 0.15) is 28.3 Å². The molecule has 0 spiro atoms. The van der Waals surface area contributed by atoms with E-state index in [1.807, 2.05) is 55.5 Å². The molecule has 1 atom stereocenters. The van der Waals surface area contributed by atoms with E-state index in [4.69, 9.17) is 9.47 Å². The van der Waals surface area contributed by atoms with Crippen molar-refractivity contribution in [2.75, 3.05) is 14.2 Å². The molecule has 2 aromatic carbocycles. The number of carbonyl (C=O) groups is 1. The maximum Gasteiger partial charge on any atom is 0.225 e. The Hall–Kier alpha value is -3.34. The summed E-state index contributed by atoms with van der Waals surface area (Å²) in [5, 5.41) is 3.13. The van der Waals surface area contributed by atoms with E-state index >= 15 is 0 Å². The van der Waals surface area contributed by atoms with E-state index in [0.717, 1.165) is 16.7 Å². The standard InChI is InChI=1S/C23H24N2O3/c1-16-6-9-18(10-7-16)23(19-5-4-12-24-15-19)25-22(26)14-17-8-11-20(27-2)21(13-17)28-3/h4-13,15,23H,14H2,1-3H3,(H,25,26)/t23-/m1/s1. The van der Waals surface area contributed by atoms with Crippen molar-refractivity contribution < 1.29 is 14.3 Å². The first-order chi connectivity index (χ1) is 13.6. The molecular formula is C23H24N2O3. The van der Waals surface area contributed by atoms with Gasteiger partial charge in [-0.15, -0.1) is 0 Å². The van der Waals surface area contributed by atoms with Crippen LogP contribution in [0.2, 0.25) is 0 Å². The van der Waals surface area contributed by atoms with E-state index in [-0.39, 0.29) is 18.4 Å². The van der Waals surface area contributed by atoms with Crippen LogP contribution in [0.15, 0.2) is 67.0 Å². The minimum atomic E-state index is -0.262. The third-order valence-electron chi connectivity index (χ3n) is 4.55. The van der Waals surface area contributed by atoms with Gasteiger partial charge in [-0.1, -0.05) is 42.0 Å². The number of rotatable bonds is 7. The lowest BCUT2D eigenvalue weighted by Crippen LogP contribution is -2.30. The van der Waals surface area contributed by atoms with Gasteiger partial charge < -0.3 is 14.8 Å². The summed E-state index contributed by atoms with van der Waals surface area (Å²) in [6, 6.07) is 17.2. The maximum atomic E-state index is 12.8. The summed E-state index contributed by atoms with van der Waals surface area (Å²) < 4.78 is 10.6. The smallest absolute Gasteiger partial charge is 0.225 e. The Balaban J connectivity index is 1.81. The Morgan fingerprint density at radius 1 is 1.00 bits per heavy atom. The normalized spacial score (nSPS) is 11.5. The summed E-state index contributed by atoms with van der Waals surface area (Å²) in [4.78, 5) is 17.0. The van der Waals surface area contributed by atoms with Crippen molar-refractivity contribution in [1.29, 1.82) is 0 Å². The molecule has 1 N–H and O–H groups in total. The second-order valence-corrected chi connectivity index (χ2v) is 6.56. The van der Waals surface area contributed by atoms with Gasteiger partial charge in [-0.2, -0.15) is 0 Å².